The van der Waals surface area contributed by atoms with E-state index in [0.717, 1.165) is 11.3 Å². The predicted octanol–water partition coefficient (Wildman–Crippen LogP) is 2.20. The minimum Gasteiger partial charge on any atom is -0.389 e. The molecule has 0 spiro atoms. The van der Waals surface area contributed by atoms with Gasteiger partial charge in [0.25, 0.3) is 0 Å². The Kier molecular flexibility index (Phi) is 6.82. The zero-order chi connectivity index (χ0) is 17.5. The van der Waals surface area contributed by atoms with E-state index in [4.69, 9.17) is 4.74 Å². The number of benzene rings is 1. The number of fused-ring (bicyclic) bond motifs is 1. The van der Waals surface area contributed by atoms with Crippen LogP contribution in [0.15, 0.2) is 35.9 Å². The van der Waals surface area contributed by atoms with Crippen molar-refractivity contribution < 1.29 is 14.6 Å². The normalized spacial score (nSPS) is 16.2. The molecule has 1 aromatic carbocycles. The number of amides is 1. The highest BCUT2D eigenvalue weighted by molar-refractivity contribution is 5.78. The average Bonchev–Trinajstić information content (AvgIpc) is 2.54. The molecule has 0 saturated heterocycles. The second kappa shape index (κ2) is 8.85. The van der Waals surface area contributed by atoms with Crippen LogP contribution in [0.2, 0.25) is 0 Å². The van der Waals surface area contributed by atoms with E-state index in [1.54, 1.807) is 7.11 Å². The van der Waals surface area contributed by atoms with Crippen LogP contribution in [0.4, 0.5) is 5.69 Å². The van der Waals surface area contributed by atoms with Crippen molar-refractivity contribution in [2.75, 3.05) is 38.3 Å². The first-order chi connectivity index (χ1) is 11.5. The quantitative estimate of drug-likeness (QED) is 0.812. The maximum Gasteiger partial charge on any atom is 0.224 e. The van der Waals surface area contributed by atoms with E-state index >= 15 is 0 Å². The van der Waals surface area contributed by atoms with Gasteiger partial charge in [0.05, 0.1) is 12.7 Å². The number of hydrogen-bond acceptors (Lipinski definition) is 4. The molecule has 1 atom stereocenters. The average molecular weight is 332 g/mol. The monoisotopic (exact) mass is 332 g/mol. The first-order valence-corrected chi connectivity index (χ1v) is 8.42. The van der Waals surface area contributed by atoms with E-state index in [0.29, 0.717) is 39.2 Å². The topological polar surface area (TPSA) is 53.0 Å². The number of β-amino-alcohol motifs (C(OH)–C–C–N with tert-alkyl or cyclic N) is 1. The van der Waals surface area contributed by atoms with Crippen LogP contribution in [0.25, 0.3) is 0 Å². The zero-order valence-electron chi connectivity index (χ0n) is 14.9. The standard InChI is InChI=1S/C19H28N2O3/c1-15(2)8-10-21-12-16-6-4-5-7-18(16)20(11-9-19(21)23)13-17(22)14-24-3/h4-8,17,22H,9-14H2,1-3H3. The van der Waals surface area contributed by atoms with E-state index in [9.17, 15) is 9.90 Å². The van der Waals surface area contributed by atoms with E-state index in [1.807, 2.05) is 30.9 Å². The van der Waals surface area contributed by atoms with E-state index in [1.165, 1.54) is 5.57 Å². The summed E-state index contributed by atoms with van der Waals surface area (Å²) in [7, 11) is 1.58. The van der Waals surface area contributed by atoms with Gasteiger partial charge in [0, 0.05) is 45.4 Å². The van der Waals surface area contributed by atoms with Crippen LogP contribution in [0.5, 0.6) is 0 Å². The summed E-state index contributed by atoms with van der Waals surface area (Å²) in [5.74, 6) is 0.147. The summed E-state index contributed by atoms with van der Waals surface area (Å²) in [5.41, 5.74) is 3.40. The summed E-state index contributed by atoms with van der Waals surface area (Å²) in [5, 5.41) is 10.1. The molecule has 1 amide bonds. The van der Waals surface area contributed by atoms with Crippen LogP contribution >= 0.6 is 0 Å². The van der Waals surface area contributed by atoms with Crippen molar-refractivity contribution in [2.45, 2.75) is 32.9 Å². The number of carbonyl (C=O) groups is 1. The second-order valence-electron chi connectivity index (χ2n) is 6.49. The lowest BCUT2D eigenvalue weighted by Crippen LogP contribution is -2.41. The van der Waals surface area contributed by atoms with Crippen LogP contribution in [-0.2, 0) is 16.1 Å². The third-order valence-electron chi connectivity index (χ3n) is 4.15. The minimum absolute atomic E-state index is 0.147. The Morgan fingerprint density at radius 2 is 2.08 bits per heavy atom. The molecule has 1 N–H and O–H groups in total. The summed E-state index contributed by atoms with van der Waals surface area (Å²) >= 11 is 0. The Morgan fingerprint density at radius 1 is 1.33 bits per heavy atom. The van der Waals surface area contributed by atoms with E-state index < -0.39 is 6.10 Å². The molecule has 0 aromatic heterocycles. The lowest BCUT2D eigenvalue weighted by Gasteiger charge is -2.34. The third kappa shape index (κ3) is 5.08. The van der Waals surface area contributed by atoms with Crippen LogP contribution < -0.4 is 4.90 Å². The molecule has 1 aromatic rings. The number of nitrogens with zero attached hydrogens (tertiary/aromatic N) is 2. The number of methoxy groups -OCH3 is 1. The molecule has 1 aliphatic rings. The molecule has 1 unspecified atom stereocenters. The number of allylic oxidation sites excluding steroid dienone is 1. The molecule has 24 heavy (non-hydrogen) atoms. The minimum atomic E-state index is -0.570. The zero-order valence-corrected chi connectivity index (χ0v) is 14.9. The molecule has 0 saturated carbocycles. The number of carbonyl (C=O) groups excluding carboxylic acids is 1. The summed E-state index contributed by atoms with van der Waals surface area (Å²) in [6.45, 7) is 6.67. The van der Waals surface area contributed by atoms with Gasteiger partial charge in [-0.1, -0.05) is 29.8 Å². The molecule has 2 rings (SSSR count). The SMILES string of the molecule is COCC(O)CN1CCC(=O)N(CC=C(C)C)Cc2ccccc21. The Morgan fingerprint density at radius 3 is 2.79 bits per heavy atom. The molecule has 0 radical (unpaired) electrons. The lowest BCUT2D eigenvalue weighted by molar-refractivity contribution is -0.131. The van der Waals surface area contributed by atoms with Crippen molar-refractivity contribution in [2.24, 2.45) is 0 Å². The highest BCUT2D eigenvalue weighted by atomic mass is 16.5. The maximum atomic E-state index is 12.5. The first kappa shape index (κ1) is 18.5. The van der Waals surface area contributed by atoms with Gasteiger partial charge in [-0.3, -0.25) is 4.79 Å². The van der Waals surface area contributed by atoms with Crippen molar-refractivity contribution in [1.29, 1.82) is 0 Å². The smallest absolute Gasteiger partial charge is 0.224 e. The van der Waals surface area contributed by atoms with Crippen molar-refractivity contribution in [3.63, 3.8) is 0 Å². The van der Waals surface area contributed by atoms with Gasteiger partial charge in [-0.05, 0) is 25.5 Å². The Labute approximate surface area is 144 Å². The number of hydrogen-bond donors (Lipinski definition) is 1. The van der Waals surface area contributed by atoms with Gasteiger partial charge < -0.3 is 19.6 Å². The third-order valence-corrected chi connectivity index (χ3v) is 4.15. The lowest BCUT2D eigenvalue weighted by atomic mass is 10.1. The molecular formula is C19H28N2O3. The number of rotatable bonds is 6. The fourth-order valence-corrected chi connectivity index (χ4v) is 2.90. The largest absolute Gasteiger partial charge is 0.389 e. The molecule has 0 aliphatic carbocycles. The molecule has 132 valence electrons. The fraction of sp³-hybridized carbons (Fsp3) is 0.526. The van der Waals surface area contributed by atoms with Gasteiger partial charge in [-0.2, -0.15) is 0 Å². The Balaban J connectivity index is 2.23. The molecular weight excluding hydrogens is 304 g/mol. The fourth-order valence-electron chi connectivity index (χ4n) is 2.90. The molecule has 1 aliphatic heterocycles. The molecule has 5 nitrogen and oxygen atoms in total. The van der Waals surface area contributed by atoms with Crippen LogP contribution in [-0.4, -0.2) is 55.4 Å². The summed E-state index contributed by atoms with van der Waals surface area (Å²) in [6.07, 6.45) is 1.96. The molecule has 0 bridgehead atoms. The number of anilines is 1. The van der Waals surface area contributed by atoms with E-state index in [2.05, 4.69) is 23.1 Å². The van der Waals surface area contributed by atoms with Crippen LogP contribution in [0.1, 0.15) is 25.8 Å². The Bertz CT molecular complexity index is 582. The van der Waals surface area contributed by atoms with Crippen molar-refractivity contribution >= 4 is 11.6 Å². The van der Waals surface area contributed by atoms with Crippen molar-refractivity contribution in [1.82, 2.24) is 4.90 Å². The summed E-state index contributed by atoms with van der Waals surface area (Å²) in [6, 6.07) is 8.11. The molecule has 0 fully saturated rings. The number of aliphatic hydroxyl groups excluding tert-OH is 1. The highest BCUT2D eigenvalue weighted by Gasteiger charge is 2.23. The maximum absolute atomic E-state index is 12.5. The number of ether oxygens (including phenoxy) is 1. The van der Waals surface area contributed by atoms with Gasteiger partial charge in [-0.15, -0.1) is 0 Å². The Hall–Kier alpha value is -1.85. The van der Waals surface area contributed by atoms with Gasteiger partial charge in [0.2, 0.25) is 5.91 Å². The van der Waals surface area contributed by atoms with Crippen molar-refractivity contribution in [3.8, 4) is 0 Å². The predicted molar refractivity (Wildman–Crippen MR) is 96.0 cm³/mol. The second-order valence-corrected chi connectivity index (χ2v) is 6.49. The highest BCUT2D eigenvalue weighted by Crippen LogP contribution is 2.25. The number of para-hydroxylation sites is 1. The van der Waals surface area contributed by atoms with Gasteiger partial charge in [-0.25, -0.2) is 0 Å². The van der Waals surface area contributed by atoms with Crippen molar-refractivity contribution in [3.05, 3.63) is 41.5 Å². The molecule has 1 heterocycles. The molecule has 5 heteroatoms. The summed E-state index contributed by atoms with van der Waals surface area (Å²) < 4.78 is 5.02. The van der Waals surface area contributed by atoms with E-state index in [-0.39, 0.29) is 5.91 Å². The number of aliphatic hydroxyl groups is 1. The van der Waals surface area contributed by atoms with Gasteiger partial charge in [0.1, 0.15) is 0 Å². The first-order valence-electron chi connectivity index (χ1n) is 8.42. The van der Waals surface area contributed by atoms with Gasteiger partial charge in [0.15, 0.2) is 0 Å². The van der Waals surface area contributed by atoms with Crippen LogP contribution in [0.3, 0.4) is 0 Å². The van der Waals surface area contributed by atoms with Gasteiger partial charge >= 0.3 is 0 Å². The summed E-state index contributed by atoms with van der Waals surface area (Å²) in [4.78, 5) is 16.5. The van der Waals surface area contributed by atoms with Crippen LogP contribution in [0, 0.1) is 0 Å².